The molecule has 3 heterocycles. The van der Waals surface area contributed by atoms with Gasteiger partial charge < -0.3 is 9.80 Å². The number of benzene rings is 3. The Morgan fingerprint density at radius 2 is 1.68 bits per heavy atom. The number of hydroxylamine groups is 1. The number of aromatic nitrogens is 4. The van der Waals surface area contributed by atoms with E-state index in [1.54, 1.807) is 6.07 Å². The molecule has 3 aromatic carbocycles. The molecule has 1 atom stereocenters. The molecular formula is C32H33Cl2N7O3. The van der Waals surface area contributed by atoms with Gasteiger partial charge in [0.1, 0.15) is 6.33 Å². The molecule has 0 aliphatic carbocycles. The van der Waals surface area contributed by atoms with Crippen molar-refractivity contribution in [3.63, 3.8) is 0 Å². The molecule has 2 amide bonds. The zero-order chi connectivity index (χ0) is 30.7. The highest BCUT2D eigenvalue weighted by Gasteiger charge is 2.45. The Morgan fingerprint density at radius 3 is 2.39 bits per heavy atom. The van der Waals surface area contributed by atoms with Gasteiger partial charge in [-0.3, -0.25) is 14.8 Å². The Balaban J connectivity index is 1.20. The summed E-state index contributed by atoms with van der Waals surface area (Å²) < 4.78 is 1.52. The van der Waals surface area contributed by atoms with Gasteiger partial charge in [-0.05, 0) is 97.2 Å². The summed E-state index contributed by atoms with van der Waals surface area (Å²) in [5.41, 5.74) is 4.06. The summed E-state index contributed by atoms with van der Waals surface area (Å²) in [4.78, 5) is 30.9. The lowest BCUT2D eigenvalue weighted by Crippen LogP contribution is -2.51. The number of carbonyl (C=O) groups excluding carboxylic acids is 2. The summed E-state index contributed by atoms with van der Waals surface area (Å²) in [6.45, 7) is 3.32. The number of nitrogens with zero attached hydrogens (tertiary/aromatic N) is 6. The quantitative estimate of drug-likeness (QED) is 0.214. The van der Waals surface area contributed by atoms with Gasteiger partial charge in [-0.25, -0.2) is 10.2 Å². The second kappa shape index (κ2) is 12.6. The molecule has 12 heteroatoms. The summed E-state index contributed by atoms with van der Waals surface area (Å²) in [6.07, 6.45) is 4.24. The van der Waals surface area contributed by atoms with Crippen molar-refractivity contribution in [2.24, 2.45) is 0 Å². The van der Waals surface area contributed by atoms with Crippen LogP contribution in [0, 0.1) is 0 Å². The van der Waals surface area contributed by atoms with Crippen LogP contribution in [0.5, 0.6) is 0 Å². The number of hydrogen-bond donors (Lipinski definition) is 2. The van der Waals surface area contributed by atoms with E-state index in [2.05, 4.69) is 20.4 Å². The van der Waals surface area contributed by atoms with Gasteiger partial charge in [0.15, 0.2) is 0 Å². The predicted molar refractivity (Wildman–Crippen MR) is 166 cm³/mol. The first-order valence-corrected chi connectivity index (χ1v) is 15.4. The van der Waals surface area contributed by atoms with Crippen molar-refractivity contribution < 1.29 is 14.8 Å². The third kappa shape index (κ3) is 5.82. The molecule has 2 aliphatic heterocycles. The van der Waals surface area contributed by atoms with Crippen molar-refractivity contribution in [3.05, 3.63) is 106 Å². The summed E-state index contributed by atoms with van der Waals surface area (Å²) >= 11 is 12.8. The Kier molecular flexibility index (Phi) is 8.68. The fourth-order valence-corrected chi connectivity index (χ4v) is 7.04. The number of tetrazole rings is 1. The second-order valence-corrected chi connectivity index (χ2v) is 12.5. The minimum Gasteiger partial charge on any atom is -0.338 e. The molecule has 44 heavy (non-hydrogen) atoms. The average molecular weight is 635 g/mol. The summed E-state index contributed by atoms with van der Waals surface area (Å²) in [6, 6.07) is 22.7. The standard InChI is InChI=1S/C32H33Cl2N7O3/c33-27-10-9-25(20-28(27)34)31(11-15-39-16-13-32(14-17-39,30(43)36-44)24-6-2-1-3-7-24)12-18-40(21-31)29(42)23-5-4-8-26(19-23)41-22-35-37-38-41/h1-10,19-20,22,44H,11-18,21H2,(H,36,43)/t31-/m0/s1. The molecule has 0 bridgehead atoms. The van der Waals surface area contributed by atoms with Gasteiger partial charge in [0.2, 0.25) is 0 Å². The van der Waals surface area contributed by atoms with Gasteiger partial charge in [0.25, 0.3) is 11.8 Å². The third-order valence-electron chi connectivity index (χ3n) is 9.36. The van der Waals surface area contributed by atoms with Crippen LogP contribution < -0.4 is 5.48 Å². The van der Waals surface area contributed by atoms with Gasteiger partial charge in [0.05, 0.1) is 21.1 Å². The molecule has 0 saturated carbocycles. The van der Waals surface area contributed by atoms with E-state index in [1.807, 2.05) is 77.1 Å². The summed E-state index contributed by atoms with van der Waals surface area (Å²) in [5, 5.41) is 21.9. The smallest absolute Gasteiger partial charge is 0.254 e. The van der Waals surface area contributed by atoms with Gasteiger partial charge in [0, 0.05) is 24.1 Å². The van der Waals surface area contributed by atoms with Crippen molar-refractivity contribution in [3.8, 4) is 5.69 Å². The van der Waals surface area contributed by atoms with Crippen LogP contribution in [0.25, 0.3) is 5.69 Å². The molecule has 1 aromatic heterocycles. The van der Waals surface area contributed by atoms with Crippen molar-refractivity contribution in [2.75, 3.05) is 32.7 Å². The summed E-state index contributed by atoms with van der Waals surface area (Å²) in [7, 11) is 0. The lowest BCUT2D eigenvalue weighted by Gasteiger charge is -2.41. The van der Waals surface area contributed by atoms with Crippen molar-refractivity contribution in [1.29, 1.82) is 0 Å². The van der Waals surface area contributed by atoms with Crippen LogP contribution in [0.2, 0.25) is 10.0 Å². The first kappa shape index (κ1) is 30.2. The zero-order valence-corrected chi connectivity index (χ0v) is 25.6. The van der Waals surface area contributed by atoms with E-state index in [1.165, 1.54) is 11.0 Å². The minimum atomic E-state index is -0.776. The van der Waals surface area contributed by atoms with Gasteiger partial charge in [-0.15, -0.1) is 5.10 Å². The number of hydrogen-bond acceptors (Lipinski definition) is 7. The lowest BCUT2D eigenvalue weighted by atomic mass is 9.71. The van der Waals surface area contributed by atoms with Crippen molar-refractivity contribution in [1.82, 2.24) is 35.5 Å². The second-order valence-electron chi connectivity index (χ2n) is 11.7. The molecule has 228 valence electrons. The molecule has 4 aromatic rings. The number of nitrogens with one attached hydrogen (secondary N) is 1. The molecular weight excluding hydrogens is 601 g/mol. The van der Waals surface area contributed by atoms with Crippen LogP contribution >= 0.6 is 23.2 Å². The Morgan fingerprint density at radius 1 is 0.886 bits per heavy atom. The number of likely N-dealkylation sites (tertiary alicyclic amines) is 2. The monoisotopic (exact) mass is 633 g/mol. The number of piperidine rings is 1. The number of amides is 2. The maximum atomic E-state index is 13.8. The number of carbonyl (C=O) groups is 2. The average Bonchev–Trinajstić information content (AvgIpc) is 3.77. The Bertz CT molecular complexity index is 1630. The van der Waals surface area contributed by atoms with E-state index in [9.17, 15) is 14.8 Å². The van der Waals surface area contributed by atoms with Gasteiger partial charge in [-0.1, -0.05) is 65.7 Å². The minimum absolute atomic E-state index is 0.0532. The highest BCUT2D eigenvalue weighted by atomic mass is 35.5. The van der Waals surface area contributed by atoms with Crippen LogP contribution in [-0.2, 0) is 15.6 Å². The van der Waals surface area contributed by atoms with Crippen LogP contribution in [0.3, 0.4) is 0 Å². The Hall–Kier alpha value is -3.83. The fraction of sp³-hybridized carbons (Fsp3) is 0.344. The number of halogens is 2. The van der Waals surface area contributed by atoms with Crippen LogP contribution in [0.1, 0.15) is 47.2 Å². The molecule has 2 N–H and O–H groups in total. The first-order valence-electron chi connectivity index (χ1n) is 14.6. The maximum Gasteiger partial charge on any atom is 0.254 e. The SMILES string of the molecule is O=C(c1cccc(-n2cnnn2)c1)N1CC[C@](CCN2CCC(C(=O)NO)(c3ccccc3)CC2)(c2ccc(Cl)c(Cl)c2)C1. The number of rotatable bonds is 8. The third-order valence-corrected chi connectivity index (χ3v) is 10.1. The molecule has 6 rings (SSSR count). The summed E-state index contributed by atoms with van der Waals surface area (Å²) in [5.74, 6) is -0.424. The Labute approximate surface area is 265 Å². The van der Waals surface area contributed by atoms with Gasteiger partial charge in [-0.2, -0.15) is 0 Å². The zero-order valence-electron chi connectivity index (χ0n) is 24.1. The lowest BCUT2D eigenvalue weighted by molar-refractivity contribution is -0.137. The van der Waals surface area contributed by atoms with Crippen LogP contribution in [0.15, 0.2) is 79.1 Å². The van der Waals surface area contributed by atoms with E-state index >= 15 is 0 Å². The highest BCUT2D eigenvalue weighted by Crippen LogP contribution is 2.42. The van der Waals surface area contributed by atoms with E-state index in [4.69, 9.17) is 23.2 Å². The van der Waals surface area contributed by atoms with Crippen LogP contribution in [0.4, 0.5) is 0 Å². The molecule has 2 saturated heterocycles. The molecule has 0 radical (unpaired) electrons. The largest absolute Gasteiger partial charge is 0.338 e. The first-order chi connectivity index (χ1) is 21.3. The van der Waals surface area contributed by atoms with E-state index < -0.39 is 5.41 Å². The molecule has 2 aliphatic rings. The van der Waals surface area contributed by atoms with Crippen molar-refractivity contribution >= 4 is 35.0 Å². The topological polar surface area (TPSA) is 116 Å². The van der Waals surface area contributed by atoms with Crippen molar-refractivity contribution in [2.45, 2.75) is 36.5 Å². The van der Waals surface area contributed by atoms with E-state index in [0.717, 1.165) is 30.5 Å². The normalized spacial score (nSPS) is 20.0. The molecule has 0 spiro atoms. The molecule has 10 nitrogen and oxygen atoms in total. The molecule has 0 unspecified atom stereocenters. The van der Waals surface area contributed by atoms with Crippen LogP contribution in [-0.4, -0.2) is 79.8 Å². The van der Waals surface area contributed by atoms with E-state index in [0.29, 0.717) is 60.3 Å². The molecule has 2 fully saturated rings. The van der Waals surface area contributed by atoms with Gasteiger partial charge >= 0.3 is 0 Å². The predicted octanol–water partition coefficient (Wildman–Crippen LogP) is 4.68. The van der Waals surface area contributed by atoms with E-state index in [-0.39, 0.29) is 17.2 Å². The maximum absolute atomic E-state index is 13.8. The fourth-order valence-electron chi connectivity index (χ4n) is 6.74. The highest BCUT2D eigenvalue weighted by molar-refractivity contribution is 6.42.